The summed E-state index contributed by atoms with van der Waals surface area (Å²) in [5.41, 5.74) is 1.94. The number of amides is 1. The van der Waals surface area contributed by atoms with E-state index in [2.05, 4.69) is 15.4 Å². The summed E-state index contributed by atoms with van der Waals surface area (Å²) in [5, 5.41) is 17.0. The standard InChI is InChI=1S/C27H24FN5O4/c28-21-8-4-7-20-22(21)37-16-27(20)9-11-32(12-10-27)25(34)18-14-30-24-19(26(35)36)15-31-33(24)23(18)29-13-17-5-2-1-3-6-17/h1-8,14-15,29H,9-13,16H2,(H,35,36). The molecule has 2 aromatic carbocycles. The Kier molecular flexibility index (Phi) is 5.51. The van der Waals surface area contributed by atoms with E-state index in [1.807, 2.05) is 36.4 Å². The molecule has 0 aliphatic carbocycles. The van der Waals surface area contributed by atoms with Crippen molar-refractivity contribution < 1.29 is 23.8 Å². The molecule has 2 aliphatic heterocycles. The number of anilines is 1. The fourth-order valence-electron chi connectivity index (χ4n) is 5.27. The van der Waals surface area contributed by atoms with Crippen molar-refractivity contribution >= 4 is 23.3 Å². The highest BCUT2D eigenvalue weighted by molar-refractivity contribution is 6.00. The monoisotopic (exact) mass is 501 g/mol. The lowest BCUT2D eigenvalue weighted by atomic mass is 9.74. The van der Waals surface area contributed by atoms with E-state index in [0.717, 1.165) is 11.1 Å². The molecule has 2 N–H and O–H groups in total. The quantitative estimate of drug-likeness (QED) is 0.429. The van der Waals surface area contributed by atoms with Gasteiger partial charge in [-0.1, -0.05) is 42.5 Å². The summed E-state index contributed by atoms with van der Waals surface area (Å²) in [5.74, 6) is -1.04. The SMILES string of the molecule is O=C(O)c1cnn2c(NCc3ccccc3)c(C(=O)N3CCC4(CC3)COc3c(F)cccc34)cnc12. The summed E-state index contributed by atoms with van der Waals surface area (Å²) in [4.78, 5) is 31.4. The van der Waals surface area contributed by atoms with Crippen LogP contribution in [0.4, 0.5) is 10.2 Å². The van der Waals surface area contributed by atoms with Crippen molar-refractivity contribution in [2.75, 3.05) is 25.0 Å². The largest absolute Gasteiger partial charge is 0.489 e. The van der Waals surface area contributed by atoms with Crippen LogP contribution in [0, 0.1) is 5.82 Å². The minimum absolute atomic E-state index is 0.0474. The Morgan fingerprint density at radius 2 is 1.84 bits per heavy atom. The predicted molar refractivity (Wildman–Crippen MR) is 132 cm³/mol. The number of carboxylic acids is 1. The normalized spacial score (nSPS) is 16.0. The highest BCUT2D eigenvalue weighted by atomic mass is 19.1. The Morgan fingerprint density at radius 1 is 1.05 bits per heavy atom. The van der Waals surface area contributed by atoms with E-state index in [-0.39, 0.29) is 28.4 Å². The third-order valence-electron chi connectivity index (χ3n) is 7.33. The molecule has 188 valence electrons. The molecule has 0 atom stereocenters. The smallest absolute Gasteiger partial charge is 0.341 e. The second-order valence-corrected chi connectivity index (χ2v) is 9.44. The number of fused-ring (bicyclic) bond motifs is 3. The molecule has 6 rings (SSSR count). The summed E-state index contributed by atoms with van der Waals surface area (Å²) in [6, 6.07) is 14.7. The number of benzene rings is 2. The van der Waals surface area contributed by atoms with Gasteiger partial charge in [-0.2, -0.15) is 9.61 Å². The number of piperidine rings is 1. The molecule has 4 aromatic rings. The molecule has 0 unspecified atom stereocenters. The van der Waals surface area contributed by atoms with Gasteiger partial charge < -0.3 is 20.1 Å². The molecule has 1 saturated heterocycles. The molecule has 10 heteroatoms. The van der Waals surface area contributed by atoms with Crippen molar-refractivity contribution in [2.45, 2.75) is 24.8 Å². The Morgan fingerprint density at radius 3 is 2.59 bits per heavy atom. The molecule has 0 saturated carbocycles. The van der Waals surface area contributed by atoms with Gasteiger partial charge in [0.2, 0.25) is 0 Å². The molecular formula is C27H24FN5O4. The Labute approximate surface area is 211 Å². The van der Waals surface area contributed by atoms with Crippen LogP contribution < -0.4 is 10.1 Å². The van der Waals surface area contributed by atoms with Gasteiger partial charge >= 0.3 is 5.97 Å². The maximum absolute atomic E-state index is 14.2. The number of rotatable bonds is 5. The minimum Gasteiger partial charge on any atom is -0.489 e. The first-order valence-corrected chi connectivity index (χ1v) is 12.1. The van der Waals surface area contributed by atoms with E-state index in [9.17, 15) is 19.1 Å². The number of carboxylic acid groups (broad SMARTS) is 1. The van der Waals surface area contributed by atoms with Crippen molar-refractivity contribution in [2.24, 2.45) is 0 Å². The van der Waals surface area contributed by atoms with Crippen LogP contribution in [-0.4, -0.2) is 56.2 Å². The van der Waals surface area contributed by atoms with Crippen LogP contribution in [-0.2, 0) is 12.0 Å². The van der Waals surface area contributed by atoms with Crippen LogP contribution in [0.5, 0.6) is 5.75 Å². The molecule has 2 aromatic heterocycles. The van der Waals surface area contributed by atoms with Gasteiger partial charge in [-0.3, -0.25) is 4.79 Å². The highest BCUT2D eigenvalue weighted by Gasteiger charge is 2.45. The van der Waals surface area contributed by atoms with Crippen LogP contribution in [0.25, 0.3) is 5.65 Å². The number of nitrogens with zero attached hydrogens (tertiary/aromatic N) is 4. The second-order valence-electron chi connectivity index (χ2n) is 9.44. The molecular weight excluding hydrogens is 477 g/mol. The molecule has 1 fully saturated rings. The molecule has 37 heavy (non-hydrogen) atoms. The van der Waals surface area contributed by atoms with Gasteiger partial charge in [0.05, 0.1) is 12.8 Å². The summed E-state index contributed by atoms with van der Waals surface area (Å²) >= 11 is 0. The molecule has 1 spiro atoms. The van der Waals surface area contributed by atoms with Crippen molar-refractivity contribution in [3.8, 4) is 5.75 Å². The second kappa shape index (κ2) is 8.88. The average Bonchev–Trinajstić information content (AvgIpc) is 3.51. The first-order valence-electron chi connectivity index (χ1n) is 12.1. The fourth-order valence-corrected chi connectivity index (χ4v) is 5.27. The number of aromatic nitrogens is 3. The van der Waals surface area contributed by atoms with E-state index < -0.39 is 5.97 Å². The molecule has 2 aliphatic rings. The number of nitrogens with one attached hydrogen (secondary N) is 1. The van der Waals surface area contributed by atoms with E-state index >= 15 is 0 Å². The lowest BCUT2D eigenvalue weighted by Gasteiger charge is -2.38. The lowest BCUT2D eigenvalue weighted by Crippen LogP contribution is -2.46. The number of carbonyl (C=O) groups is 2. The third-order valence-corrected chi connectivity index (χ3v) is 7.33. The van der Waals surface area contributed by atoms with Crippen molar-refractivity contribution in [3.63, 3.8) is 0 Å². The zero-order valence-corrected chi connectivity index (χ0v) is 19.9. The molecule has 9 nitrogen and oxygen atoms in total. The number of hydrogen-bond acceptors (Lipinski definition) is 6. The zero-order valence-electron chi connectivity index (χ0n) is 19.9. The number of carbonyl (C=O) groups excluding carboxylic acids is 1. The van der Waals surface area contributed by atoms with Crippen LogP contribution in [0.2, 0.25) is 0 Å². The average molecular weight is 502 g/mol. The maximum atomic E-state index is 14.2. The van der Waals surface area contributed by atoms with Crippen LogP contribution >= 0.6 is 0 Å². The number of hydrogen-bond donors (Lipinski definition) is 2. The van der Waals surface area contributed by atoms with Crippen molar-refractivity contribution in [1.29, 1.82) is 0 Å². The first-order chi connectivity index (χ1) is 18.0. The predicted octanol–water partition coefficient (Wildman–Crippen LogP) is 3.75. The summed E-state index contributed by atoms with van der Waals surface area (Å²) in [7, 11) is 0. The van der Waals surface area contributed by atoms with Crippen LogP contribution in [0.15, 0.2) is 60.9 Å². The zero-order chi connectivity index (χ0) is 25.6. The third kappa shape index (κ3) is 3.85. The lowest BCUT2D eigenvalue weighted by molar-refractivity contribution is 0.0645. The van der Waals surface area contributed by atoms with Crippen LogP contribution in [0.3, 0.4) is 0 Å². The fraction of sp³-hybridized carbons (Fsp3) is 0.259. The van der Waals surface area contributed by atoms with Gasteiger partial charge in [0.1, 0.15) is 16.9 Å². The van der Waals surface area contributed by atoms with E-state index in [0.29, 0.717) is 56.2 Å². The summed E-state index contributed by atoms with van der Waals surface area (Å²) in [6.07, 6.45) is 3.92. The van der Waals surface area contributed by atoms with E-state index in [1.165, 1.54) is 23.0 Å². The minimum atomic E-state index is -1.15. The summed E-state index contributed by atoms with van der Waals surface area (Å²) in [6.45, 7) is 1.74. The van der Waals surface area contributed by atoms with Gasteiger partial charge in [-0.05, 0) is 24.5 Å². The molecule has 0 radical (unpaired) electrons. The Balaban J connectivity index is 1.29. The van der Waals surface area contributed by atoms with Crippen molar-refractivity contribution in [1.82, 2.24) is 19.5 Å². The van der Waals surface area contributed by atoms with Gasteiger partial charge in [0, 0.05) is 36.8 Å². The Bertz CT molecular complexity index is 1510. The molecule has 1 amide bonds. The Hall–Kier alpha value is -4.47. The number of aromatic carboxylic acids is 1. The van der Waals surface area contributed by atoms with E-state index in [1.54, 1.807) is 11.0 Å². The number of likely N-dealkylation sites (tertiary alicyclic amines) is 1. The van der Waals surface area contributed by atoms with Gasteiger partial charge in [-0.15, -0.1) is 0 Å². The topological polar surface area (TPSA) is 109 Å². The maximum Gasteiger partial charge on any atom is 0.341 e. The van der Waals surface area contributed by atoms with Crippen molar-refractivity contribution in [3.05, 3.63) is 89.0 Å². The first kappa shape index (κ1) is 23.0. The van der Waals surface area contributed by atoms with Gasteiger partial charge in [0.15, 0.2) is 17.2 Å². The van der Waals surface area contributed by atoms with Gasteiger partial charge in [0.25, 0.3) is 5.91 Å². The van der Waals surface area contributed by atoms with Crippen LogP contribution in [0.1, 0.15) is 44.7 Å². The van der Waals surface area contributed by atoms with E-state index in [4.69, 9.17) is 4.74 Å². The number of para-hydroxylation sites is 1. The molecule has 4 heterocycles. The molecule has 0 bridgehead atoms. The number of ether oxygens (including phenoxy) is 1. The number of halogens is 1. The van der Waals surface area contributed by atoms with Gasteiger partial charge in [-0.25, -0.2) is 14.2 Å². The highest BCUT2D eigenvalue weighted by Crippen LogP contribution is 2.46. The summed E-state index contributed by atoms with van der Waals surface area (Å²) < 4.78 is 21.3.